The Morgan fingerprint density at radius 3 is 2.00 bits per heavy atom. The summed E-state index contributed by atoms with van der Waals surface area (Å²) in [4.78, 5) is 33.0. The van der Waals surface area contributed by atoms with Crippen LogP contribution in [-0.2, 0) is 27.7 Å². The minimum absolute atomic E-state index is 0.0676. The Labute approximate surface area is 102 Å². The molecule has 0 saturated heterocycles. The number of hydrogen-bond acceptors (Lipinski definition) is 6. The lowest BCUT2D eigenvalue weighted by molar-refractivity contribution is -0.172. The number of carbonyl (C=O) groups excluding carboxylic acids is 3. The smallest absolute Gasteiger partial charge is 0.377 e. The Morgan fingerprint density at radius 1 is 1.12 bits per heavy atom. The summed E-state index contributed by atoms with van der Waals surface area (Å²) < 4.78 is 12.0. The molecule has 0 rings (SSSR count). The van der Waals surface area contributed by atoms with Crippen molar-refractivity contribution in [3.8, 4) is 0 Å². The standard InChI is InChI=1S/C8H10Cl2O6/c1-2-3-4-5(11)14-6(7(12)15-9)8(13)16-10/h6H,2-4H2,1H3. The summed E-state index contributed by atoms with van der Waals surface area (Å²) in [7, 11) is 0. The number of halogens is 2. The monoisotopic (exact) mass is 272 g/mol. The fourth-order valence-electron chi connectivity index (χ4n) is 0.785. The Morgan fingerprint density at radius 2 is 1.62 bits per heavy atom. The molecule has 0 heterocycles. The van der Waals surface area contributed by atoms with Crippen molar-refractivity contribution in [3.63, 3.8) is 0 Å². The van der Waals surface area contributed by atoms with Gasteiger partial charge in [-0.3, -0.25) is 4.79 Å². The van der Waals surface area contributed by atoms with Crippen molar-refractivity contribution in [3.05, 3.63) is 0 Å². The van der Waals surface area contributed by atoms with Crippen molar-refractivity contribution >= 4 is 41.6 Å². The second kappa shape index (κ2) is 8.18. The van der Waals surface area contributed by atoms with Crippen LogP contribution < -0.4 is 0 Å². The highest BCUT2D eigenvalue weighted by atomic mass is 35.5. The van der Waals surface area contributed by atoms with Gasteiger partial charge in [0.05, 0.1) is 0 Å². The topological polar surface area (TPSA) is 78.9 Å². The molecule has 0 aliphatic rings. The Kier molecular flexibility index (Phi) is 7.66. The van der Waals surface area contributed by atoms with Crippen LogP contribution in [0.25, 0.3) is 0 Å². The number of carbonyl (C=O) groups is 3. The van der Waals surface area contributed by atoms with E-state index in [-0.39, 0.29) is 6.42 Å². The van der Waals surface area contributed by atoms with E-state index in [0.29, 0.717) is 6.42 Å². The molecule has 0 aliphatic heterocycles. The average Bonchev–Trinajstić information content (AvgIpc) is 2.31. The normalized spacial score (nSPS) is 9.75. The number of ether oxygens (including phenoxy) is 1. The summed E-state index contributed by atoms with van der Waals surface area (Å²) >= 11 is 9.49. The highest BCUT2D eigenvalue weighted by molar-refractivity contribution is 6.19. The van der Waals surface area contributed by atoms with Crippen LogP contribution >= 0.6 is 23.7 Å². The molecule has 0 amide bonds. The maximum Gasteiger partial charge on any atom is 0.377 e. The first-order valence-corrected chi connectivity index (χ1v) is 5.02. The van der Waals surface area contributed by atoms with Gasteiger partial charge >= 0.3 is 17.9 Å². The predicted molar refractivity (Wildman–Crippen MR) is 53.3 cm³/mol. The molecule has 0 atom stereocenters. The first kappa shape index (κ1) is 15.0. The lowest BCUT2D eigenvalue weighted by Gasteiger charge is -2.10. The molecule has 0 bridgehead atoms. The summed E-state index contributed by atoms with van der Waals surface area (Å²) in [6.07, 6.45) is -0.491. The zero-order chi connectivity index (χ0) is 12.6. The fraction of sp³-hybridized carbons (Fsp3) is 0.625. The van der Waals surface area contributed by atoms with Crippen LogP contribution in [-0.4, -0.2) is 24.0 Å². The molecule has 0 aromatic carbocycles. The average molecular weight is 273 g/mol. The number of rotatable bonds is 6. The first-order valence-electron chi connectivity index (χ1n) is 4.41. The minimum atomic E-state index is -1.89. The third-order valence-electron chi connectivity index (χ3n) is 1.56. The number of esters is 1. The molecule has 92 valence electrons. The van der Waals surface area contributed by atoms with Gasteiger partial charge in [0.25, 0.3) is 6.10 Å². The maximum absolute atomic E-state index is 11.1. The molecule has 0 aromatic rings. The predicted octanol–water partition coefficient (Wildman–Crippen LogP) is 1.48. The van der Waals surface area contributed by atoms with Crippen molar-refractivity contribution in [2.75, 3.05) is 0 Å². The van der Waals surface area contributed by atoms with E-state index in [2.05, 4.69) is 13.3 Å². The summed E-state index contributed by atoms with van der Waals surface area (Å²) in [5, 5.41) is 0. The molecule has 0 saturated carbocycles. The van der Waals surface area contributed by atoms with E-state index < -0.39 is 24.0 Å². The first-order chi connectivity index (χ1) is 7.56. The largest absolute Gasteiger partial charge is 0.438 e. The van der Waals surface area contributed by atoms with Gasteiger partial charge in [-0.25, -0.2) is 9.59 Å². The molecule has 16 heavy (non-hydrogen) atoms. The lowest BCUT2D eigenvalue weighted by Crippen LogP contribution is -2.35. The van der Waals surface area contributed by atoms with Gasteiger partial charge in [-0.05, 0) is 6.42 Å². The van der Waals surface area contributed by atoms with Crippen LogP contribution in [0.3, 0.4) is 0 Å². The van der Waals surface area contributed by atoms with Crippen LogP contribution in [0.2, 0.25) is 0 Å². The maximum atomic E-state index is 11.1. The van der Waals surface area contributed by atoms with Gasteiger partial charge in [-0.1, -0.05) is 13.3 Å². The molecule has 0 unspecified atom stereocenters. The molecule has 0 aromatic heterocycles. The zero-order valence-electron chi connectivity index (χ0n) is 8.40. The van der Waals surface area contributed by atoms with E-state index in [4.69, 9.17) is 23.7 Å². The van der Waals surface area contributed by atoms with Crippen molar-refractivity contribution < 1.29 is 27.7 Å². The van der Waals surface area contributed by atoms with Gasteiger partial charge in [-0.15, -0.1) is 0 Å². The number of unbranched alkanes of at least 4 members (excludes halogenated alkanes) is 1. The molecule has 8 heteroatoms. The van der Waals surface area contributed by atoms with Crippen molar-refractivity contribution in [1.82, 2.24) is 0 Å². The number of hydrogen-bond donors (Lipinski definition) is 0. The summed E-state index contributed by atoms with van der Waals surface area (Å²) in [6.45, 7) is 1.87. The van der Waals surface area contributed by atoms with E-state index in [9.17, 15) is 14.4 Å². The van der Waals surface area contributed by atoms with Gasteiger partial charge in [0, 0.05) is 6.42 Å². The van der Waals surface area contributed by atoms with Gasteiger partial charge in [0.15, 0.2) is 0 Å². The highest BCUT2D eigenvalue weighted by Crippen LogP contribution is 2.06. The van der Waals surface area contributed by atoms with Crippen LogP contribution in [0.1, 0.15) is 26.2 Å². The van der Waals surface area contributed by atoms with Crippen LogP contribution in [0.4, 0.5) is 0 Å². The minimum Gasteiger partial charge on any atom is -0.438 e. The summed E-state index contributed by atoms with van der Waals surface area (Å²) in [5.74, 6) is -3.27. The van der Waals surface area contributed by atoms with Crippen molar-refractivity contribution in [2.45, 2.75) is 32.3 Å². The van der Waals surface area contributed by atoms with Gasteiger partial charge in [0.1, 0.15) is 23.7 Å². The Balaban J connectivity index is 4.37. The molecule has 0 aliphatic carbocycles. The molecule has 0 N–H and O–H groups in total. The highest BCUT2D eigenvalue weighted by Gasteiger charge is 2.34. The van der Waals surface area contributed by atoms with Gasteiger partial charge < -0.3 is 13.3 Å². The van der Waals surface area contributed by atoms with E-state index in [0.717, 1.165) is 6.42 Å². The molecular weight excluding hydrogens is 263 g/mol. The van der Waals surface area contributed by atoms with E-state index in [1.165, 1.54) is 0 Å². The molecule has 6 nitrogen and oxygen atoms in total. The SMILES string of the molecule is CCCCC(=O)OC(C(=O)OCl)C(=O)OCl. The fourth-order valence-corrected chi connectivity index (χ4v) is 0.947. The van der Waals surface area contributed by atoms with Gasteiger partial charge in [0.2, 0.25) is 0 Å². The zero-order valence-corrected chi connectivity index (χ0v) is 9.92. The summed E-state index contributed by atoms with van der Waals surface area (Å²) in [5.41, 5.74) is 0. The molecule has 0 spiro atoms. The lowest BCUT2D eigenvalue weighted by atomic mass is 10.2. The van der Waals surface area contributed by atoms with E-state index >= 15 is 0 Å². The summed E-state index contributed by atoms with van der Waals surface area (Å²) in [6, 6.07) is 0. The van der Waals surface area contributed by atoms with Crippen molar-refractivity contribution in [1.29, 1.82) is 0 Å². The van der Waals surface area contributed by atoms with Crippen LogP contribution in [0, 0.1) is 0 Å². The third kappa shape index (κ3) is 5.18. The molecule has 0 fully saturated rings. The van der Waals surface area contributed by atoms with E-state index in [1.54, 1.807) is 0 Å². The second-order valence-electron chi connectivity index (χ2n) is 2.77. The van der Waals surface area contributed by atoms with E-state index in [1.807, 2.05) is 6.92 Å². The molecular formula is C8H10Cl2O6. The molecule has 0 radical (unpaired) electrons. The Bertz CT molecular complexity index is 251. The second-order valence-corrected chi connectivity index (χ2v) is 3.07. The Hall–Kier alpha value is -1.01. The third-order valence-corrected chi connectivity index (χ3v) is 1.87. The van der Waals surface area contributed by atoms with Crippen LogP contribution in [0.15, 0.2) is 0 Å². The quantitative estimate of drug-likeness (QED) is 0.538. The van der Waals surface area contributed by atoms with Gasteiger partial charge in [-0.2, -0.15) is 0 Å². The van der Waals surface area contributed by atoms with Crippen LogP contribution in [0.5, 0.6) is 0 Å². The van der Waals surface area contributed by atoms with Crippen molar-refractivity contribution in [2.24, 2.45) is 0 Å².